The molecule has 0 saturated carbocycles. The molecule has 82 valence electrons. The highest BCUT2D eigenvalue weighted by Gasteiger charge is 2.06. The van der Waals surface area contributed by atoms with Gasteiger partial charge in [0.25, 0.3) is 0 Å². The fourth-order valence-corrected chi connectivity index (χ4v) is 2.08. The van der Waals surface area contributed by atoms with Crippen LogP contribution in [0.1, 0.15) is 19.4 Å². The van der Waals surface area contributed by atoms with Crippen molar-refractivity contribution in [1.82, 2.24) is 0 Å². The van der Waals surface area contributed by atoms with Gasteiger partial charge in [0, 0.05) is 4.90 Å². The molecule has 2 nitrogen and oxygen atoms in total. The predicted octanol–water partition coefficient (Wildman–Crippen LogP) is 3.11. The molecule has 0 aliphatic heterocycles. The van der Waals surface area contributed by atoms with Crippen LogP contribution in [0.15, 0.2) is 23.1 Å². The Kier molecular flexibility index (Phi) is 5.32. The summed E-state index contributed by atoms with van der Waals surface area (Å²) in [5.74, 6) is 6.70. The van der Waals surface area contributed by atoms with Gasteiger partial charge in [-0.05, 0) is 24.8 Å². The van der Waals surface area contributed by atoms with Crippen LogP contribution in [-0.4, -0.2) is 12.3 Å². The third-order valence-corrected chi connectivity index (χ3v) is 2.92. The minimum Gasteiger partial charge on any atom is -0.373 e. The van der Waals surface area contributed by atoms with Crippen LogP contribution >= 0.6 is 11.8 Å². The van der Waals surface area contributed by atoms with E-state index in [1.807, 2.05) is 18.2 Å². The molecule has 1 aromatic rings. The summed E-state index contributed by atoms with van der Waals surface area (Å²) in [6.07, 6.45) is 0. The van der Waals surface area contributed by atoms with Crippen LogP contribution in [0, 0.1) is 23.2 Å². The summed E-state index contributed by atoms with van der Waals surface area (Å²) in [5.41, 5.74) is 1.58. The molecule has 0 spiro atoms. The van der Waals surface area contributed by atoms with Crippen molar-refractivity contribution in [1.29, 1.82) is 5.26 Å². The van der Waals surface area contributed by atoms with Crippen molar-refractivity contribution in [3.8, 4) is 17.9 Å². The van der Waals surface area contributed by atoms with Gasteiger partial charge in [0.1, 0.15) is 6.07 Å². The van der Waals surface area contributed by atoms with Crippen LogP contribution in [0.5, 0.6) is 0 Å². The normalized spacial score (nSPS) is 8.81. The van der Waals surface area contributed by atoms with Crippen molar-refractivity contribution in [3.63, 3.8) is 0 Å². The molecule has 0 amide bonds. The molecule has 0 fully saturated rings. The first-order chi connectivity index (χ1) is 7.83. The first-order valence-electron chi connectivity index (χ1n) is 5.12. The van der Waals surface area contributed by atoms with Crippen molar-refractivity contribution in [2.24, 2.45) is 0 Å². The Balaban J connectivity index is 2.94. The number of anilines is 1. The van der Waals surface area contributed by atoms with Crippen molar-refractivity contribution < 1.29 is 0 Å². The first-order valence-corrected chi connectivity index (χ1v) is 6.11. The van der Waals surface area contributed by atoms with E-state index in [2.05, 4.69) is 30.2 Å². The quantitative estimate of drug-likeness (QED) is 0.637. The lowest BCUT2D eigenvalue weighted by atomic mass is 10.2. The van der Waals surface area contributed by atoms with Gasteiger partial charge in [0.15, 0.2) is 0 Å². The summed E-state index contributed by atoms with van der Waals surface area (Å²) in [5, 5.41) is 12.3. The van der Waals surface area contributed by atoms with Gasteiger partial charge < -0.3 is 5.32 Å². The molecule has 0 aliphatic carbocycles. The van der Waals surface area contributed by atoms with Crippen LogP contribution in [0.3, 0.4) is 0 Å². The molecule has 0 radical (unpaired) electrons. The van der Waals surface area contributed by atoms with Gasteiger partial charge in [-0.1, -0.05) is 18.9 Å². The molecule has 0 aliphatic rings. The zero-order valence-electron chi connectivity index (χ0n) is 9.50. The number of hydrogen-bond donors (Lipinski definition) is 1. The topological polar surface area (TPSA) is 35.8 Å². The maximum atomic E-state index is 9.14. The molecule has 0 heterocycles. The highest BCUT2D eigenvalue weighted by molar-refractivity contribution is 7.99. The van der Waals surface area contributed by atoms with E-state index in [4.69, 9.17) is 5.26 Å². The number of nitriles is 1. The lowest BCUT2D eigenvalue weighted by molar-refractivity contribution is 1.30. The minimum absolute atomic E-state index is 0.575. The molecule has 0 atom stereocenters. The Hall–Kier alpha value is -1.58. The molecule has 1 rings (SSSR count). The number of rotatable bonds is 4. The van der Waals surface area contributed by atoms with Gasteiger partial charge in [-0.15, -0.1) is 17.7 Å². The molecule has 16 heavy (non-hydrogen) atoms. The Morgan fingerprint density at radius 1 is 1.44 bits per heavy atom. The van der Waals surface area contributed by atoms with E-state index in [0.717, 1.165) is 16.3 Å². The average molecular weight is 230 g/mol. The van der Waals surface area contributed by atoms with Gasteiger partial charge in [0.2, 0.25) is 0 Å². The highest BCUT2D eigenvalue weighted by atomic mass is 32.2. The number of benzene rings is 1. The van der Waals surface area contributed by atoms with E-state index < -0.39 is 0 Å². The lowest BCUT2D eigenvalue weighted by Crippen LogP contribution is -2.01. The van der Waals surface area contributed by atoms with Crippen molar-refractivity contribution in [2.75, 3.05) is 17.6 Å². The van der Waals surface area contributed by atoms with E-state index in [-0.39, 0.29) is 0 Å². The predicted molar refractivity (Wildman–Crippen MR) is 69.5 cm³/mol. The Morgan fingerprint density at radius 3 is 2.88 bits per heavy atom. The fourth-order valence-electron chi connectivity index (χ4n) is 1.30. The van der Waals surface area contributed by atoms with Crippen LogP contribution in [0.25, 0.3) is 0 Å². The molecular weight excluding hydrogens is 216 g/mol. The third-order valence-electron chi connectivity index (χ3n) is 1.98. The number of thioether (sulfide) groups is 1. The smallest absolute Gasteiger partial charge is 0.102 e. The SMILES string of the molecule is CC#CCNc1cccc(SCC)c1C#N. The van der Waals surface area contributed by atoms with E-state index in [1.54, 1.807) is 18.7 Å². The number of nitrogens with one attached hydrogen (secondary N) is 1. The van der Waals surface area contributed by atoms with Gasteiger partial charge >= 0.3 is 0 Å². The molecule has 1 N–H and O–H groups in total. The zero-order chi connectivity index (χ0) is 11.8. The molecule has 1 aromatic carbocycles. The van der Waals surface area contributed by atoms with E-state index in [9.17, 15) is 0 Å². The first kappa shape index (κ1) is 12.5. The summed E-state index contributed by atoms with van der Waals surface area (Å²) in [6, 6.07) is 8.09. The maximum absolute atomic E-state index is 9.14. The van der Waals surface area contributed by atoms with Crippen LogP contribution in [0.2, 0.25) is 0 Å². The van der Waals surface area contributed by atoms with Crippen LogP contribution in [0.4, 0.5) is 5.69 Å². The maximum Gasteiger partial charge on any atom is 0.102 e. The van der Waals surface area contributed by atoms with E-state index in [0.29, 0.717) is 12.1 Å². The summed E-state index contributed by atoms with van der Waals surface area (Å²) in [4.78, 5) is 1.03. The van der Waals surface area contributed by atoms with Gasteiger partial charge in [0.05, 0.1) is 17.8 Å². The average Bonchev–Trinajstić information content (AvgIpc) is 2.30. The van der Waals surface area contributed by atoms with Crippen molar-refractivity contribution >= 4 is 17.4 Å². The molecule has 0 bridgehead atoms. The molecule has 0 saturated heterocycles. The summed E-state index contributed by atoms with van der Waals surface area (Å²) >= 11 is 1.68. The van der Waals surface area contributed by atoms with Crippen LogP contribution < -0.4 is 5.32 Å². The zero-order valence-corrected chi connectivity index (χ0v) is 10.3. The monoisotopic (exact) mass is 230 g/mol. The van der Waals surface area contributed by atoms with Gasteiger partial charge in [-0.25, -0.2) is 0 Å². The fraction of sp³-hybridized carbons (Fsp3) is 0.308. The van der Waals surface area contributed by atoms with E-state index >= 15 is 0 Å². The second kappa shape index (κ2) is 6.82. The molecule has 3 heteroatoms. The van der Waals surface area contributed by atoms with Gasteiger partial charge in [-0.3, -0.25) is 0 Å². The number of nitrogens with zero attached hydrogens (tertiary/aromatic N) is 1. The summed E-state index contributed by atoms with van der Waals surface area (Å²) in [6.45, 7) is 4.45. The number of hydrogen-bond acceptors (Lipinski definition) is 3. The van der Waals surface area contributed by atoms with Gasteiger partial charge in [-0.2, -0.15) is 5.26 Å². The Bertz CT molecular complexity index is 449. The third kappa shape index (κ3) is 3.22. The summed E-state index contributed by atoms with van der Waals surface area (Å²) in [7, 11) is 0. The molecule has 0 aromatic heterocycles. The molecule has 0 unspecified atom stereocenters. The highest BCUT2D eigenvalue weighted by Crippen LogP contribution is 2.27. The second-order valence-corrected chi connectivity index (χ2v) is 4.31. The lowest BCUT2D eigenvalue weighted by Gasteiger charge is -2.08. The largest absolute Gasteiger partial charge is 0.373 e. The van der Waals surface area contributed by atoms with Crippen LogP contribution in [-0.2, 0) is 0 Å². The van der Waals surface area contributed by atoms with Crippen molar-refractivity contribution in [3.05, 3.63) is 23.8 Å². The Morgan fingerprint density at radius 2 is 2.25 bits per heavy atom. The molecular formula is C13H14N2S. The minimum atomic E-state index is 0.575. The Labute approximate surface area is 101 Å². The summed E-state index contributed by atoms with van der Waals surface area (Å²) < 4.78 is 0. The second-order valence-electron chi connectivity index (χ2n) is 3.00. The standard InChI is InChI=1S/C13H14N2S/c1-3-5-9-15-12-7-6-8-13(16-4-2)11(12)10-14/h6-8,15H,4,9H2,1-2H3. The van der Waals surface area contributed by atoms with Crippen molar-refractivity contribution in [2.45, 2.75) is 18.7 Å². The van der Waals surface area contributed by atoms with E-state index in [1.165, 1.54) is 0 Å².